The molecule has 1 unspecified atom stereocenters. The fourth-order valence-corrected chi connectivity index (χ4v) is 3.96. The summed E-state index contributed by atoms with van der Waals surface area (Å²) in [5, 5.41) is 8.73. The molecule has 0 aliphatic rings. The third-order valence-electron chi connectivity index (χ3n) is 4.57. The van der Waals surface area contributed by atoms with Crippen molar-refractivity contribution in [2.45, 2.75) is 25.0 Å². The van der Waals surface area contributed by atoms with Crippen LogP contribution in [0.1, 0.15) is 28.6 Å². The molecule has 2 heterocycles. The number of carbonyl (C=O) groups excluding carboxylic acids is 1. The number of hydrogen-bond acceptors (Lipinski definition) is 5. The molecule has 1 N–H and O–H groups in total. The number of benzene rings is 2. The predicted octanol–water partition coefficient (Wildman–Crippen LogP) is 4.39. The van der Waals surface area contributed by atoms with Crippen LogP contribution in [-0.4, -0.2) is 31.2 Å². The molecule has 6 nitrogen and oxygen atoms in total. The topological polar surface area (TPSA) is 72.2 Å². The van der Waals surface area contributed by atoms with Crippen molar-refractivity contribution in [3.63, 3.8) is 0 Å². The molecule has 152 valence electrons. The first-order valence-electron chi connectivity index (χ1n) is 9.43. The second-order valence-electron chi connectivity index (χ2n) is 6.90. The largest absolute Gasteiger partial charge is 0.344 e. The van der Waals surface area contributed by atoms with E-state index < -0.39 is 0 Å². The van der Waals surface area contributed by atoms with Crippen molar-refractivity contribution in [1.29, 1.82) is 0 Å². The lowest BCUT2D eigenvalue weighted by atomic mass is 9.99. The maximum absolute atomic E-state index is 12.7. The van der Waals surface area contributed by atoms with Crippen molar-refractivity contribution in [2.24, 2.45) is 0 Å². The van der Waals surface area contributed by atoms with Crippen LogP contribution < -0.4 is 5.32 Å². The molecule has 0 saturated carbocycles. The number of halogens is 1. The van der Waals surface area contributed by atoms with Crippen LogP contribution in [0.15, 0.2) is 65.8 Å². The third kappa shape index (κ3) is 4.63. The fraction of sp³-hybridized carbons (Fsp3) is 0.182. The van der Waals surface area contributed by atoms with Gasteiger partial charge >= 0.3 is 0 Å². The Labute approximate surface area is 183 Å². The minimum absolute atomic E-state index is 0.108. The van der Waals surface area contributed by atoms with E-state index in [-0.39, 0.29) is 17.7 Å². The van der Waals surface area contributed by atoms with Gasteiger partial charge in [-0.2, -0.15) is 4.98 Å². The quantitative estimate of drug-likeness (QED) is 0.453. The highest BCUT2D eigenvalue weighted by Gasteiger charge is 2.18. The van der Waals surface area contributed by atoms with Crippen LogP contribution in [-0.2, 0) is 4.79 Å². The molecule has 30 heavy (non-hydrogen) atoms. The average molecular weight is 438 g/mol. The molecule has 0 aliphatic carbocycles. The minimum Gasteiger partial charge on any atom is -0.344 e. The first-order valence-corrected chi connectivity index (χ1v) is 10.8. The summed E-state index contributed by atoms with van der Waals surface area (Å²) in [6.07, 6.45) is 0. The average Bonchev–Trinajstić information content (AvgIpc) is 3.15. The Balaban J connectivity index is 1.49. The number of rotatable bonds is 6. The lowest BCUT2D eigenvalue weighted by Crippen LogP contribution is -2.30. The summed E-state index contributed by atoms with van der Waals surface area (Å²) in [5.74, 6) is 0.633. The van der Waals surface area contributed by atoms with Crippen LogP contribution >= 0.6 is 23.4 Å². The summed E-state index contributed by atoms with van der Waals surface area (Å²) in [6.45, 7) is 3.87. The summed E-state index contributed by atoms with van der Waals surface area (Å²) >= 11 is 7.32. The Hall–Kier alpha value is -2.90. The summed E-state index contributed by atoms with van der Waals surface area (Å²) < 4.78 is 1.69. The number of thioether (sulfide) groups is 1. The molecule has 0 saturated heterocycles. The van der Waals surface area contributed by atoms with Gasteiger partial charge in [0.25, 0.3) is 5.78 Å². The SMILES string of the molecule is Cc1cc(C)n2nc(SCC(=O)NC(c3ccccc3)c3ccc(Cl)cc3)nc2n1. The maximum atomic E-state index is 12.7. The highest BCUT2D eigenvalue weighted by Crippen LogP contribution is 2.24. The lowest BCUT2D eigenvalue weighted by Gasteiger charge is -2.20. The maximum Gasteiger partial charge on any atom is 0.253 e. The van der Waals surface area contributed by atoms with Crippen LogP contribution in [0.2, 0.25) is 5.02 Å². The summed E-state index contributed by atoms with van der Waals surface area (Å²) in [5.41, 5.74) is 3.80. The van der Waals surface area contributed by atoms with Gasteiger partial charge in [-0.1, -0.05) is 65.8 Å². The van der Waals surface area contributed by atoms with Gasteiger partial charge in [-0.25, -0.2) is 9.50 Å². The molecule has 2 aromatic carbocycles. The van der Waals surface area contributed by atoms with Crippen LogP contribution in [0, 0.1) is 13.8 Å². The number of hydrogen-bond donors (Lipinski definition) is 1. The summed E-state index contributed by atoms with van der Waals surface area (Å²) in [6, 6.07) is 19.0. The Bertz CT molecular complexity index is 1180. The second kappa shape index (κ2) is 8.85. The van der Waals surface area contributed by atoms with Crippen LogP contribution in [0.4, 0.5) is 0 Å². The van der Waals surface area contributed by atoms with E-state index >= 15 is 0 Å². The predicted molar refractivity (Wildman–Crippen MR) is 119 cm³/mol. The number of carbonyl (C=O) groups is 1. The van der Waals surface area contributed by atoms with Gasteiger partial charge in [-0.3, -0.25) is 4.79 Å². The number of nitrogens with zero attached hydrogens (tertiary/aromatic N) is 4. The van der Waals surface area contributed by atoms with Crippen molar-refractivity contribution in [2.75, 3.05) is 5.75 Å². The summed E-state index contributed by atoms with van der Waals surface area (Å²) in [4.78, 5) is 21.5. The normalized spacial score (nSPS) is 12.1. The monoisotopic (exact) mass is 437 g/mol. The first-order chi connectivity index (χ1) is 14.5. The Morgan fingerprint density at radius 3 is 2.50 bits per heavy atom. The van der Waals surface area contributed by atoms with Gasteiger partial charge in [0.05, 0.1) is 11.8 Å². The van der Waals surface area contributed by atoms with Gasteiger partial charge in [0.2, 0.25) is 11.1 Å². The Morgan fingerprint density at radius 2 is 1.77 bits per heavy atom. The van der Waals surface area contributed by atoms with E-state index in [0.717, 1.165) is 22.5 Å². The van der Waals surface area contributed by atoms with Crippen molar-refractivity contribution >= 4 is 35.0 Å². The fourth-order valence-electron chi connectivity index (χ4n) is 3.20. The van der Waals surface area contributed by atoms with E-state index in [1.54, 1.807) is 4.52 Å². The molecular formula is C22H20ClN5OS. The zero-order valence-corrected chi connectivity index (χ0v) is 18.1. The standard InChI is InChI=1S/C22H20ClN5OS/c1-14-12-15(2)28-21(24-14)26-22(27-28)30-13-19(29)25-20(16-6-4-3-5-7-16)17-8-10-18(23)11-9-17/h3-12,20H,13H2,1-2H3,(H,25,29). The van der Waals surface area contributed by atoms with Gasteiger partial charge < -0.3 is 5.32 Å². The van der Waals surface area contributed by atoms with Crippen molar-refractivity contribution in [1.82, 2.24) is 24.9 Å². The van der Waals surface area contributed by atoms with E-state index in [1.165, 1.54) is 11.8 Å². The van der Waals surface area contributed by atoms with Crippen molar-refractivity contribution in [3.8, 4) is 0 Å². The van der Waals surface area contributed by atoms with Crippen LogP contribution in [0.5, 0.6) is 0 Å². The number of fused-ring (bicyclic) bond motifs is 1. The number of amides is 1. The second-order valence-corrected chi connectivity index (χ2v) is 8.28. The molecule has 0 radical (unpaired) electrons. The van der Waals surface area contributed by atoms with Gasteiger partial charge in [0.1, 0.15) is 0 Å². The number of aromatic nitrogens is 4. The number of nitrogens with one attached hydrogen (secondary N) is 1. The highest BCUT2D eigenvalue weighted by atomic mass is 35.5. The minimum atomic E-state index is -0.267. The van der Waals surface area contributed by atoms with E-state index in [4.69, 9.17) is 11.6 Å². The molecule has 0 spiro atoms. The molecule has 4 rings (SSSR count). The Morgan fingerprint density at radius 1 is 1.07 bits per heavy atom. The van der Waals surface area contributed by atoms with Gasteiger partial charge in [-0.15, -0.1) is 5.10 Å². The molecule has 0 aliphatic heterocycles. The highest BCUT2D eigenvalue weighted by molar-refractivity contribution is 7.99. The Kier molecular flexibility index (Phi) is 6.01. The van der Waals surface area contributed by atoms with Gasteiger partial charge in [0, 0.05) is 16.4 Å². The number of aryl methyl sites for hydroxylation is 2. The van der Waals surface area contributed by atoms with E-state index in [1.807, 2.05) is 74.5 Å². The van der Waals surface area contributed by atoms with Crippen LogP contribution in [0.25, 0.3) is 5.78 Å². The zero-order chi connectivity index (χ0) is 21.1. The van der Waals surface area contributed by atoms with Crippen molar-refractivity contribution in [3.05, 3.63) is 88.2 Å². The van der Waals surface area contributed by atoms with Crippen LogP contribution in [0.3, 0.4) is 0 Å². The molecule has 1 atom stereocenters. The van der Waals surface area contributed by atoms with E-state index in [9.17, 15) is 4.79 Å². The molecule has 0 fully saturated rings. The molecule has 0 bridgehead atoms. The molecule has 1 amide bonds. The molecule has 4 aromatic rings. The molecular weight excluding hydrogens is 418 g/mol. The van der Waals surface area contributed by atoms with Crippen molar-refractivity contribution < 1.29 is 4.79 Å². The molecule has 8 heteroatoms. The van der Waals surface area contributed by atoms with Gasteiger partial charge in [-0.05, 0) is 43.2 Å². The van der Waals surface area contributed by atoms with E-state index in [0.29, 0.717) is 16.0 Å². The lowest BCUT2D eigenvalue weighted by molar-refractivity contribution is -0.119. The zero-order valence-electron chi connectivity index (χ0n) is 16.5. The van der Waals surface area contributed by atoms with E-state index in [2.05, 4.69) is 20.4 Å². The van der Waals surface area contributed by atoms with Gasteiger partial charge in [0.15, 0.2) is 0 Å². The summed E-state index contributed by atoms with van der Waals surface area (Å²) in [7, 11) is 0. The molecule has 2 aromatic heterocycles. The smallest absolute Gasteiger partial charge is 0.253 e. The first kappa shape index (κ1) is 20.4. The third-order valence-corrected chi connectivity index (χ3v) is 5.66.